The van der Waals surface area contributed by atoms with Gasteiger partial charge < -0.3 is 34.9 Å². The zero-order chi connectivity index (χ0) is 30.8. The molecule has 3 amide bonds. The Kier molecular flexibility index (Phi) is 9.25. The number of aliphatic hydroxyl groups excluding tert-OH is 1. The van der Waals surface area contributed by atoms with Crippen LogP contribution in [0.15, 0.2) is 54.6 Å². The van der Waals surface area contributed by atoms with Gasteiger partial charge in [-0.1, -0.05) is 46.3 Å². The minimum absolute atomic E-state index is 0.240. The zero-order valence-corrected chi connectivity index (χ0v) is 26.3. The number of benzene rings is 2. The SMILES string of the molecule is CCOc1ccc(NC(=O)[C@H]2[C@@H]3OC4(CC3Br)C(C(=O)NCCN3CCOCC3)N([C@H](CO)c3ccccc3)C(=O)[C@H]24)cc1. The molecule has 0 aliphatic carbocycles. The highest BCUT2D eigenvalue weighted by Crippen LogP contribution is 2.61. The van der Waals surface area contributed by atoms with Crippen LogP contribution < -0.4 is 15.4 Å². The van der Waals surface area contributed by atoms with Crippen LogP contribution in [0.4, 0.5) is 5.69 Å². The molecule has 7 atom stereocenters. The van der Waals surface area contributed by atoms with Crippen LogP contribution in [0, 0.1) is 11.8 Å². The summed E-state index contributed by atoms with van der Waals surface area (Å²) in [5.74, 6) is -2.11. The lowest BCUT2D eigenvalue weighted by molar-refractivity contribution is -0.145. The predicted molar refractivity (Wildman–Crippen MR) is 165 cm³/mol. The number of fused-ring (bicyclic) bond motifs is 1. The van der Waals surface area contributed by atoms with E-state index in [4.69, 9.17) is 14.2 Å². The molecular weight excluding hydrogens is 632 g/mol. The Balaban J connectivity index is 1.30. The molecule has 2 aromatic carbocycles. The van der Waals surface area contributed by atoms with Gasteiger partial charge in [0.15, 0.2) is 0 Å². The van der Waals surface area contributed by atoms with E-state index in [1.54, 1.807) is 24.3 Å². The third-order valence-electron chi connectivity index (χ3n) is 9.24. The van der Waals surface area contributed by atoms with E-state index in [0.717, 1.165) is 13.1 Å². The van der Waals surface area contributed by atoms with Crippen LogP contribution >= 0.6 is 15.9 Å². The summed E-state index contributed by atoms with van der Waals surface area (Å²) >= 11 is 3.72. The highest BCUT2D eigenvalue weighted by molar-refractivity contribution is 9.09. The van der Waals surface area contributed by atoms with Gasteiger partial charge in [-0.2, -0.15) is 0 Å². The second kappa shape index (κ2) is 13.1. The Hall–Kier alpha value is -3.03. The quantitative estimate of drug-likeness (QED) is 0.310. The molecule has 4 saturated heterocycles. The summed E-state index contributed by atoms with van der Waals surface area (Å²) in [5.41, 5.74) is 0.0342. The van der Waals surface area contributed by atoms with E-state index in [0.29, 0.717) is 56.3 Å². The third kappa shape index (κ3) is 5.62. The maximum Gasteiger partial charge on any atom is 0.245 e. The number of likely N-dealkylation sites (tertiary alicyclic amines) is 1. The van der Waals surface area contributed by atoms with Gasteiger partial charge in [-0.05, 0) is 43.2 Å². The second-order valence-electron chi connectivity index (χ2n) is 11.7. The van der Waals surface area contributed by atoms with Crippen LogP contribution in [0.1, 0.15) is 24.9 Å². The number of rotatable bonds is 11. The van der Waals surface area contributed by atoms with Crippen molar-refractivity contribution in [3.05, 3.63) is 60.2 Å². The van der Waals surface area contributed by atoms with Crippen LogP contribution in [0.3, 0.4) is 0 Å². The predicted octanol–water partition coefficient (Wildman–Crippen LogP) is 1.95. The summed E-state index contributed by atoms with van der Waals surface area (Å²) in [6.45, 7) is 5.96. The van der Waals surface area contributed by atoms with Gasteiger partial charge in [0.25, 0.3) is 0 Å². The van der Waals surface area contributed by atoms with Crippen LogP contribution in [0.5, 0.6) is 5.75 Å². The van der Waals surface area contributed by atoms with E-state index in [9.17, 15) is 19.5 Å². The van der Waals surface area contributed by atoms with Gasteiger partial charge in [0, 0.05) is 36.7 Å². The summed E-state index contributed by atoms with van der Waals surface area (Å²) < 4.78 is 17.6. The number of hydrogen-bond acceptors (Lipinski definition) is 8. The summed E-state index contributed by atoms with van der Waals surface area (Å²) in [6, 6.07) is 14.4. The maximum atomic E-state index is 14.5. The monoisotopic (exact) mass is 670 g/mol. The molecule has 236 valence electrons. The van der Waals surface area contributed by atoms with Crippen molar-refractivity contribution in [2.75, 3.05) is 57.9 Å². The second-order valence-corrected chi connectivity index (χ2v) is 12.9. The molecule has 4 fully saturated rings. The van der Waals surface area contributed by atoms with Crippen molar-refractivity contribution in [1.82, 2.24) is 15.1 Å². The van der Waals surface area contributed by atoms with E-state index in [1.807, 2.05) is 37.3 Å². The lowest BCUT2D eigenvalue weighted by atomic mass is 9.70. The van der Waals surface area contributed by atoms with Gasteiger partial charge in [0.1, 0.15) is 17.4 Å². The summed E-state index contributed by atoms with van der Waals surface area (Å²) in [7, 11) is 0. The fourth-order valence-corrected chi connectivity index (χ4v) is 8.26. The molecule has 0 saturated carbocycles. The number of alkyl halides is 1. The van der Waals surface area contributed by atoms with Crippen molar-refractivity contribution >= 4 is 39.3 Å². The Bertz CT molecular complexity index is 1340. The van der Waals surface area contributed by atoms with E-state index in [1.165, 1.54) is 4.90 Å². The Morgan fingerprint density at radius 2 is 1.84 bits per heavy atom. The highest BCUT2D eigenvalue weighted by Gasteiger charge is 2.77. The fourth-order valence-electron chi connectivity index (χ4n) is 7.32. The number of ether oxygens (including phenoxy) is 3. The first-order valence-corrected chi connectivity index (χ1v) is 16.2. The number of halogens is 1. The van der Waals surface area contributed by atoms with Crippen molar-refractivity contribution in [3.63, 3.8) is 0 Å². The number of nitrogens with one attached hydrogen (secondary N) is 2. The number of carbonyl (C=O) groups excluding carboxylic acids is 3. The van der Waals surface area contributed by atoms with Crippen LogP contribution in [-0.2, 0) is 23.9 Å². The zero-order valence-electron chi connectivity index (χ0n) is 24.7. The first-order chi connectivity index (χ1) is 21.4. The van der Waals surface area contributed by atoms with Gasteiger partial charge in [0.05, 0.1) is 50.4 Å². The smallest absolute Gasteiger partial charge is 0.245 e. The molecule has 3 unspecified atom stereocenters. The van der Waals surface area contributed by atoms with Gasteiger partial charge in [-0.3, -0.25) is 19.3 Å². The van der Waals surface area contributed by atoms with Crippen molar-refractivity contribution < 1.29 is 33.7 Å². The van der Waals surface area contributed by atoms with Crippen molar-refractivity contribution in [2.45, 2.75) is 42.0 Å². The molecule has 11 nitrogen and oxygen atoms in total. The van der Waals surface area contributed by atoms with Gasteiger partial charge in [0.2, 0.25) is 17.7 Å². The number of nitrogens with zero attached hydrogens (tertiary/aromatic N) is 2. The van der Waals surface area contributed by atoms with Crippen molar-refractivity contribution in [1.29, 1.82) is 0 Å². The van der Waals surface area contributed by atoms with Gasteiger partial charge >= 0.3 is 0 Å². The molecule has 12 heteroatoms. The van der Waals surface area contributed by atoms with E-state index < -0.39 is 35.6 Å². The lowest BCUT2D eigenvalue weighted by Gasteiger charge is -2.37. The number of aliphatic hydroxyl groups is 1. The molecular formula is C32H39BrN4O7. The fraction of sp³-hybridized carbons (Fsp3) is 0.531. The van der Waals surface area contributed by atoms with E-state index >= 15 is 0 Å². The number of hydrogen-bond donors (Lipinski definition) is 3. The average Bonchev–Trinajstić information content (AvgIpc) is 3.63. The Morgan fingerprint density at radius 1 is 1.11 bits per heavy atom. The minimum atomic E-state index is -1.23. The first-order valence-electron chi connectivity index (χ1n) is 15.3. The number of carbonyl (C=O) groups is 3. The highest BCUT2D eigenvalue weighted by atomic mass is 79.9. The van der Waals surface area contributed by atoms with Crippen LogP contribution in [0.25, 0.3) is 0 Å². The summed E-state index contributed by atoms with van der Waals surface area (Å²) in [4.78, 5) is 46.0. The maximum absolute atomic E-state index is 14.5. The Morgan fingerprint density at radius 3 is 2.52 bits per heavy atom. The number of amides is 3. The molecule has 0 radical (unpaired) electrons. The summed E-state index contributed by atoms with van der Waals surface area (Å²) in [6.07, 6.45) is -0.215. The normalized spacial score (nSPS) is 30.2. The van der Waals surface area contributed by atoms with E-state index in [-0.39, 0.29) is 29.2 Å². The molecule has 4 aliphatic rings. The van der Waals surface area contributed by atoms with Crippen molar-refractivity contribution in [2.24, 2.45) is 11.8 Å². The molecule has 3 N–H and O–H groups in total. The third-order valence-corrected chi connectivity index (χ3v) is 10.1. The lowest BCUT2D eigenvalue weighted by Crippen LogP contribution is -2.57. The molecule has 0 aromatic heterocycles. The van der Waals surface area contributed by atoms with Crippen LogP contribution in [0.2, 0.25) is 0 Å². The molecule has 6 rings (SSSR count). The molecule has 2 aromatic rings. The van der Waals surface area contributed by atoms with Crippen molar-refractivity contribution in [3.8, 4) is 5.75 Å². The Labute approximate surface area is 265 Å². The molecule has 4 heterocycles. The summed E-state index contributed by atoms with van der Waals surface area (Å²) in [5, 5.41) is 16.6. The standard InChI is InChI=1S/C32H39BrN4O7/c1-2-43-22-10-8-21(9-11-22)35-29(39)25-26-31(41)37(24(19-38)20-6-4-3-5-7-20)28(32(26)18-23(33)27(25)44-32)30(40)34-12-13-36-14-16-42-17-15-36/h3-11,23-28,38H,2,12-19H2,1H3,(H,34,40)(H,35,39)/t23?,24-,25-,26+,27-,28?,32?/m1/s1. The number of morpholine rings is 1. The minimum Gasteiger partial charge on any atom is -0.494 e. The first kappa shape index (κ1) is 31.0. The number of anilines is 1. The van der Waals surface area contributed by atoms with Gasteiger partial charge in [-0.15, -0.1) is 0 Å². The van der Waals surface area contributed by atoms with E-state index in [2.05, 4.69) is 31.5 Å². The molecule has 4 aliphatic heterocycles. The van der Waals surface area contributed by atoms with Crippen LogP contribution in [-0.4, -0.2) is 108 Å². The van der Waals surface area contributed by atoms with Gasteiger partial charge in [-0.25, -0.2) is 0 Å². The molecule has 1 spiro atoms. The topological polar surface area (TPSA) is 130 Å². The molecule has 44 heavy (non-hydrogen) atoms. The largest absolute Gasteiger partial charge is 0.494 e. The average molecular weight is 672 g/mol. The molecule has 2 bridgehead atoms.